The summed E-state index contributed by atoms with van der Waals surface area (Å²) in [6, 6.07) is 0. The second-order valence-corrected chi connectivity index (χ2v) is 1.86. The molecule has 0 aliphatic heterocycles. The van der Waals surface area contributed by atoms with Crippen molar-refractivity contribution in [2.24, 2.45) is 0 Å². The van der Waals surface area contributed by atoms with Gasteiger partial charge in [-0.2, -0.15) is 0 Å². The Bertz CT molecular complexity index is 279. The molecule has 0 aromatic rings. The number of hydrogen-bond acceptors (Lipinski definition) is 3. The van der Waals surface area contributed by atoms with E-state index in [0.717, 1.165) is 0 Å². The Morgan fingerprint density at radius 1 is 1.17 bits per heavy atom. The Hall–Kier alpha value is -1.44. The van der Waals surface area contributed by atoms with Crippen molar-refractivity contribution in [3.8, 4) is 36.0 Å². The van der Waals surface area contributed by atoms with Gasteiger partial charge in [-0.25, -0.2) is 0 Å². The first kappa shape index (κ1) is 10.6. The van der Waals surface area contributed by atoms with Crippen LogP contribution in [0.3, 0.4) is 0 Å². The fraction of sp³-hybridized carbons (Fsp3) is 0.333. The summed E-state index contributed by atoms with van der Waals surface area (Å²) >= 11 is 0. The maximum Gasteiger partial charge on any atom is 0.143 e. The summed E-state index contributed by atoms with van der Waals surface area (Å²) in [6.45, 7) is -0.543. The predicted octanol–water partition coefficient (Wildman–Crippen LogP) is -1.66. The zero-order valence-electron chi connectivity index (χ0n) is 6.28. The molecule has 62 valence electrons. The lowest BCUT2D eigenvalue weighted by Gasteiger charge is -2.07. The number of aliphatic hydroxyl groups excluding tert-OH is 3. The fourth-order valence-electron chi connectivity index (χ4n) is 0.373. The normalized spacial score (nSPS) is 12.5. The molecule has 0 rings (SSSR count). The Kier molecular flexibility index (Phi) is 5.53. The van der Waals surface area contributed by atoms with Crippen molar-refractivity contribution in [3.63, 3.8) is 0 Å². The van der Waals surface area contributed by atoms with Crippen molar-refractivity contribution >= 4 is 0 Å². The van der Waals surface area contributed by atoms with Crippen LogP contribution < -0.4 is 0 Å². The molecule has 0 aromatic carbocycles. The highest BCUT2D eigenvalue weighted by Gasteiger charge is 2.10. The van der Waals surface area contributed by atoms with Crippen molar-refractivity contribution in [2.75, 3.05) is 6.61 Å². The summed E-state index contributed by atoms with van der Waals surface area (Å²) < 4.78 is 0. The lowest BCUT2D eigenvalue weighted by Crippen LogP contribution is -2.27. The van der Waals surface area contributed by atoms with Crippen molar-refractivity contribution in [1.82, 2.24) is 0 Å². The quantitative estimate of drug-likeness (QED) is 0.428. The highest BCUT2D eigenvalue weighted by Crippen LogP contribution is 1.88. The molecule has 0 amide bonds. The van der Waals surface area contributed by atoms with Gasteiger partial charge in [0.05, 0.1) is 6.61 Å². The van der Waals surface area contributed by atoms with Gasteiger partial charge in [-0.15, -0.1) is 6.42 Å². The smallest absolute Gasteiger partial charge is 0.143 e. The molecule has 0 radical (unpaired) electrons. The van der Waals surface area contributed by atoms with Crippen molar-refractivity contribution < 1.29 is 15.3 Å². The largest absolute Gasteiger partial charge is 0.394 e. The molecule has 2 unspecified atom stereocenters. The number of aliphatic hydroxyl groups is 3. The van der Waals surface area contributed by atoms with Gasteiger partial charge >= 0.3 is 0 Å². The monoisotopic (exact) mass is 164 g/mol. The van der Waals surface area contributed by atoms with Crippen LogP contribution in [0, 0.1) is 36.0 Å². The van der Waals surface area contributed by atoms with Gasteiger partial charge in [-0.3, -0.25) is 0 Å². The van der Waals surface area contributed by atoms with E-state index in [1.165, 1.54) is 0 Å². The van der Waals surface area contributed by atoms with Crippen LogP contribution in [0.2, 0.25) is 0 Å². The van der Waals surface area contributed by atoms with E-state index in [1.54, 1.807) is 0 Å². The van der Waals surface area contributed by atoms with E-state index in [4.69, 9.17) is 21.7 Å². The SMILES string of the molecule is C#CC#CC#CC(O)C(O)CO. The Labute approximate surface area is 71.0 Å². The molecule has 0 saturated heterocycles. The summed E-state index contributed by atoms with van der Waals surface area (Å²) in [5.41, 5.74) is 0. The predicted molar refractivity (Wildman–Crippen MR) is 43.5 cm³/mol. The van der Waals surface area contributed by atoms with Crippen LogP contribution in [0.4, 0.5) is 0 Å². The Morgan fingerprint density at radius 3 is 2.33 bits per heavy atom. The lowest BCUT2D eigenvalue weighted by molar-refractivity contribution is 0.0139. The van der Waals surface area contributed by atoms with E-state index < -0.39 is 18.8 Å². The van der Waals surface area contributed by atoms with E-state index >= 15 is 0 Å². The molecule has 0 saturated carbocycles. The molecule has 0 spiro atoms. The van der Waals surface area contributed by atoms with Gasteiger partial charge in [0.25, 0.3) is 0 Å². The molecule has 2 atom stereocenters. The summed E-state index contributed by atoms with van der Waals surface area (Å²) in [5.74, 6) is 10.9. The van der Waals surface area contributed by atoms with Crippen molar-refractivity contribution in [2.45, 2.75) is 12.2 Å². The highest BCUT2D eigenvalue weighted by molar-refractivity contribution is 5.34. The second-order valence-electron chi connectivity index (χ2n) is 1.86. The standard InChI is InChI=1S/C9H8O3/c1-2-3-4-5-6-8(11)9(12)7-10/h1,8-12H,7H2. The summed E-state index contributed by atoms with van der Waals surface area (Å²) in [6.07, 6.45) is 2.24. The molecule has 3 nitrogen and oxygen atoms in total. The molecular weight excluding hydrogens is 156 g/mol. The zero-order valence-corrected chi connectivity index (χ0v) is 6.28. The maximum atomic E-state index is 8.91. The Balaban J connectivity index is 4.05. The molecule has 0 aliphatic rings. The molecule has 12 heavy (non-hydrogen) atoms. The number of hydrogen-bond donors (Lipinski definition) is 3. The molecule has 0 heterocycles. The van der Waals surface area contributed by atoms with Crippen molar-refractivity contribution in [3.05, 3.63) is 0 Å². The third-order valence-corrected chi connectivity index (χ3v) is 0.969. The molecule has 0 fully saturated rings. The van der Waals surface area contributed by atoms with Crippen LogP contribution in [-0.4, -0.2) is 34.1 Å². The topological polar surface area (TPSA) is 60.7 Å². The Morgan fingerprint density at radius 2 is 1.83 bits per heavy atom. The van der Waals surface area contributed by atoms with Gasteiger partial charge in [0.15, 0.2) is 0 Å². The van der Waals surface area contributed by atoms with E-state index in [9.17, 15) is 0 Å². The maximum absolute atomic E-state index is 8.91. The van der Waals surface area contributed by atoms with Crippen LogP contribution in [0.5, 0.6) is 0 Å². The van der Waals surface area contributed by atoms with Gasteiger partial charge in [0.2, 0.25) is 0 Å². The summed E-state index contributed by atoms with van der Waals surface area (Å²) in [4.78, 5) is 0. The summed E-state index contributed by atoms with van der Waals surface area (Å²) in [7, 11) is 0. The van der Waals surface area contributed by atoms with Crippen molar-refractivity contribution in [1.29, 1.82) is 0 Å². The van der Waals surface area contributed by atoms with Crippen LogP contribution in [-0.2, 0) is 0 Å². The van der Waals surface area contributed by atoms with Gasteiger partial charge in [-0.1, -0.05) is 5.92 Å². The van der Waals surface area contributed by atoms with Gasteiger partial charge in [0.1, 0.15) is 12.2 Å². The average Bonchev–Trinajstić information content (AvgIpc) is 2.10. The number of rotatable bonds is 2. The van der Waals surface area contributed by atoms with Gasteiger partial charge < -0.3 is 15.3 Å². The van der Waals surface area contributed by atoms with E-state index in [1.807, 2.05) is 5.92 Å². The highest BCUT2D eigenvalue weighted by atomic mass is 16.4. The average molecular weight is 164 g/mol. The van der Waals surface area contributed by atoms with Crippen LogP contribution >= 0.6 is 0 Å². The minimum Gasteiger partial charge on any atom is -0.394 e. The fourth-order valence-corrected chi connectivity index (χ4v) is 0.373. The third-order valence-electron chi connectivity index (χ3n) is 0.969. The molecule has 3 heteroatoms. The molecule has 3 N–H and O–H groups in total. The first-order valence-corrected chi connectivity index (χ1v) is 3.15. The van der Waals surface area contributed by atoms with Crippen LogP contribution in [0.25, 0.3) is 0 Å². The molecular formula is C9H8O3. The van der Waals surface area contributed by atoms with Gasteiger partial charge in [-0.05, 0) is 23.7 Å². The first-order chi connectivity index (χ1) is 5.72. The van der Waals surface area contributed by atoms with Crippen LogP contribution in [0.1, 0.15) is 0 Å². The lowest BCUT2D eigenvalue weighted by atomic mass is 10.2. The summed E-state index contributed by atoms with van der Waals surface area (Å²) in [5, 5.41) is 26.1. The van der Waals surface area contributed by atoms with E-state index in [0.29, 0.717) is 0 Å². The minimum atomic E-state index is -1.29. The second kappa shape index (κ2) is 6.28. The molecule has 0 aromatic heterocycles. The zero-order chi connectivity index (χ0) is 9.40. The third kappa shape index (κ3) is 4.39. The first-order valence-electron chi connectivity index (χ1n) is 3.15. The van der Waals surface area contributed by atoms with Gasteiger partial charge in [0, 0.05) is 0 Å². The number of terminal acetylenes is 1. The van der Waals surface area contributed by atoms with Crippen LogP contribution in [0.15, 0.2) is 0 Å². The minimum absolute atomic E-state index is 0.543. The molecule has 0 bridgehead atoms. The van der Waals surface area contributed by atoms with E-state index in [-0.39, 0.29) is 0 Å². The van der Waals surface area contributed by atoms with E-state index in [2.05, 4.69) is 23.7 Å². The molecule has 0 aliphatic carbocycles.